The Kier molecular flexibility index (Phi) is 4.60. The van der Waals surface area contributed by atoms with E-state index in [0.29, 0.717) is 17.0 Å². The number of carbonyl (C=O) groups excluding carboxylic acids is 1. The number of nitrogens with zero attached hydrogens (tertiary/aromatic N) is 2. The monoisotopic (exact) mass is 343 g/mol. The molecule has 0 radical (unpaired) electrons. The number of carbonyl (C=O) groups is 1. The molecule has 3 rings (SSSR count). The number of anilines is 1. The van der Waals surface area contributed by atoms with E-state index in [2.05, 4.69) is 10.4 Å². The van der Waals surface area contributed by atoms with Gasteiger partial charge in [-0.05, 0) is 48.5 Å². The third-order valence-corrected chi connectivity index (χ3v) is 3.36. The Balaban J connectivity index is 1.70. The number of amides is 1. The summed E-state index contributed by atoms with van der Waals surface area (Å²) in [4.78, 5) is 23.9. The van der Waals surface area contributed by atoms with Crippen molar-refractivity contribution < 1.29 is 18.3 Å². The fourth-order valence-electron chi connectivity index (χ4n) is 2.13. The van der Waals surface area contributed by atoms with Crippen molar-refractivity contribution in [2.75, 3.05) is 12.4 Å². The summed E-state index contributed by atoms with van der Waals surface area (Å²) >= 11 is 0. The first kappa shape index (κ1) is 16.4. The molecule has 0 saturated heterocycles. The molecule has 0 atom stereocenters. The zero-order chi connectivity index (χ0) is 17.8. The lowest BCUT2D eigenvalue weighted by atomic mass is 10.2. The van der Waals surface area contributed by atoms with Crippen molar-refractivity contribution in [3.63, 3.8) is 0 Å². The van der Waals surface area contributed by atoms with Crippen LogP contribution in [0.1, 0.15) is 0 Å². The molecular formula is C17H14FN3O4. The molecule has 128 valence electrons. The summed E-state index contributed by atoms with van der Waals surface area (Å²) in [6, 6.07) is 12.1. The van der Waals surface area contributed by atoms with Gasteiger partial charge >= 0.3 is 5.76 Å². The second kappa shape index (κ2) is 7.00. The lowest BCUT2D eigenvalue weighted by molar-refractivity contribution is -0.117. The molecule has 0 bridgehead atoms. The van der Waals surface area contributed by atoms with Gasteiger partial charge in [0.05, 0.1) is 7.11 Å². The predicted octanol–water partition coefficient (Wildman–Crippen LogP) is 2.29. The van der Waals surface area contributed by atoms with Gasteiger partial charge in [0, 0.05) is 11.3 Å². The van der Waals surface area contributed by atoms with E-state index in [1.165, 1.54) is 24.3 Å². The Hall–Kier alpha value is -3.42. The van der Waals surface area contributed by atoms with Crippen molar-refractivity contribution in [3.05, 3.63) is 64.9 Å². The van der Waals surface area contributed by atoms with Crippen molar-refractivity contribution in [2.24, 2.45) is 0 Å². The second-order valence-electron chi connectivity index (χ2n) is 5.11. The number of nitrogens with one attached hydrogen (secondary N) is 1. The lowest BCUT2D eigenvalue weighted by Crippen LogP contribution is -2.25. The zero-order valence-corrected chi connectivity index (χ0v) is 13.2. The molecule has 0 aliphatic rings. The molecule has 1 heterocycles. The Morgan fingerprint density at radius 1 is 1.20 bits per heavy atom. The number of halogens is 1. The van der Waals surface area contributed by atoms with Crippen LogP contribution in [0, 0.1) is 5.82 Å². The van der Waals surface area contributed by atoms with Crippen LogP contribution in [0.15, 0.2) is 57.7 Å². The molecule has 0 spiro atoms. The second-order valence-corrected chi connectivity index (χ2v) is 5.11. The van der Waals surface area contributed by atoms with Crippen LogP contribution in [0.25, 0.3) is 11.5 Å². The van der Waals surface area contributed by atoms with E-state index in [-0.39, 0.29) is 12.4 Å². The molecule has 0 fully saturated rings. The van der Waals surface area contributed by atoms with Gasteiger partial charge in [0.25, 0.3) is 0 Å². The number of aromatic nitrogens is 2. The van der Waals surface area contributed by atoms with E-state index < -0.39 is 17.5 Å². The van der Waals surface area contributed by atoms with Crippen LogP contribution < -0.4 is 15.8 Å². The molecule has 0 saturated carbocycles. The summed E-state index contributed by atoms with van der Waals surface area (Å²) in [7, 11) is 1.54. The Morgan fingerprint density at radius 2 is 1.88 bits per heavy atom. The number of rotatable bonds is 5. The number of ether oxygens (including phenoxy) is 1. The van der Waals surface area contributed by atoms with E-state index in [0.717, 1.165) is 4.68 Å². The summed E-state index contributed by atoms with van der Waals surface area (Å²) in [5, 5.41) is 6.59. The molecule has 8 heteroatoms. The quantitative estimate of drug-likeness (QED) is 0.768. The van der Waals surface area contributed by atoms with Gasteiger partial charge in [-0.3, -0.25) is 4.79 Å². The van der Waals surface area contributed by atoms with E-state index in [1.807, 2.05) is 0 Å². The van der Waals surface area contributed by atoms with Crippen LogP contribution in [0.3, 0.4) is 0 Å². The van der Waals surface area contributed by atoms with Gasteiger partial charge in [-0.2, -0.15) is 4.68 Å². The molecule has 0 unspecified atom stereocenters. The Labute approximate surface area is 141 Å². The first-order valence-corrected chi connectivity index (χ1v) is 7.33. The van der Waals surface area contributed by atoms with Crippen LogP contribution in [0.2, 0.25) is 0 Å². The molecular weight excluding hydrogens is 329 g/mol. The number of hydrogen-bond acceptors (Lipinski definition) is 5. The van der Waals surface area contributed by atoms with Gasteiger partial charge in [0.2, 0.25) is 11.8 Å². The molecule has 2 aromatic carbocycles. The highest BCUT2D eigenvalue weighted by molar-refractivity contribution is 5.90. The standard InChI is InChI=1S/C17H14FN3O4/c1-24-14-8-6-13(7-9-14)19-15(22)10-21-17(23)25-16(20-21)11-2-4-12(18)5-3-11/h2-9H,10H2,1H3,(H,19,22). The number of hydrogen-bond donors (Lipinski definition) is 1. The minimum Gasteiger partial charge on any atom is -0.497 e. The first-order valence-electron chi connectivity index (χ1n) is 7.33. The van der Waals surface area contributed by atoms with E-state index in [1.54, 1.807) is 31.4 Å². The normalized spacial score (nSPS) is 10.5. The molecule has 1 aromatic heterocycles. The third-order valence-electron chi connectivity index (χ3n) is 3.36. The average Bonchev–Trinajstić information content (AvgIpc) is 2.96. The molecule has 0 aliphatic carbocycles. The van der Waals surface area contributed by atoms with Gasteiger partial charge in [0.15, 0.2) is 0 Å². The minimum atomic E-state index is -0.774. The summed E-state index contributed by atoms with van der Waals surface area (Å²) in [5.74, 6) is -0.947. The molecule has 25 heavy (non-hydrogen) atoms. The summed E-state index contributed by atoms with van der Waals surface area (Å²) in [5.41, 5.74) is 0.994. The van der Waals surface area contributed by atoms with E-state index in [4.69, 9.17) is 9.15 Å². The molecule has 1 amide bonds. The zero-order valence-electron chi connectivity index (χ0n) is 13.2. The largest absolute Gasteiger partial charge is 0.497 e. The van der Waals surface area contributed by atoms with Gasteiger partial charge in [-0.15, -0.1) is 5.10 Å². The minimum absolute atomic E-state index is 0.0160. The fourth-order valence-corrected chi connectivity index (χ4v) is 2.13. The lowest BCUT2D eigenvalue weighted by Gasteiger charge is -2.05. The van der Waals surface area contributed by atoms with Crippen LogP contribution in [0.5, 0.6) is 5.75 Å². The average molecular weight is 343 g/mol. The first-order chi connectivity index (χ1) is 12.0. The molecule has 3 aromatic rings. The smallest absolute Gasteiger partial charge is 0.437 e. The van der Waals surface area contributed by atoms with Crippen molar-refractivity contribution in [2.45, 2.75) is 6.54 Å². The van der Waals surface area contributed by atoms with Crippen LogP contribution >= 0.6 is 0 Å². The van der Waals surface area contributed by atoms with Gasteiger partial charge in [-0.1, -0.05) is 0 Å². The highest BCUT2D eigenvalue weighted by Crippen LogP contribution is 2.16. The maximum Gasteiger partial charge on any atom is 0.437 e. The van der Waals surface area contributed by atoms with Crippen LogP contribution in [-0.4, -0.2) is 22.8 Å². The van der Waals surface area contributed by atoms with Crippen molar-refractivity contribution in [3.8, 4) is 17.2 Å². The van der Waals surface area contributed by atoms with E-state index >= 15 is 0 Å². The SMILES string of the molecule is COc1ccc(NC(=O)Cn2nc(-c3ccc(F)cc3)oc2=O)cc1. The molecule has 7 nitrogen and oxygen atoms in total. The van der Waals surface area contributed by atoms with Gasteiger partial charge in [-0.25, -0.2) is 9.18 Å². The Morgan fingerprint density at radius 3 is 2.52 bits per heavy atom. The Bertz CT molecular complexity index is 930. The van der Waals surface area contributed by atoms with Crippen molar-refractivity contribution in [1.29, 1.82) is 0 Å². The van der Waals surface area contributed by atoms with Gasteiger partial charge in [0.1, 0.15) is 18.1 Å². The number of benzene rings is 2. The van der Waals surface area contributed by atoms with Crippen molar-refractivity contribution in [1.82, 2.24) is 9.78 Å². The maximum absolute atomic E-state index is 12.9. The molecule has 1 N–H and O–H groups in total. The van der Waals surface area contributed by atoms with Crippen LogP contribution in [-0.2, 0) is 11.3 Å². The summed E-state index contributed by atoms with van der Waals surface area (Å²) in [6.45, 7) is -0.310. The maximum atomic E-state index is 12.9. The predicted molar refractivity (Wildman–Crippen MR) is 87.8 cm³/mol. The van der Waals surface area contributed by atoms with Crippen molar-refractivity contribution >= 4 is 11.6 Å². The van der Waals surface area contributed by atoms with E-state index in [9.17, 15) is 14.0 Å². The summed E-state index contributed by atoms with van der Waals surface area (Å²) < 4.78 is 23.9. The van der Waals surface area contributed by atoms with Crippen LogP contribution in [0.4, 0.5) is 10.1 Å². The third kappa shape index (κ3) is 3.92. The highest BCUT2D eigenvalue weighted by Gasteiger charge is 2.13. The highest BCUT2D eigenvalue weighted by atomic mass is 19.1. The topological polar surface area (TPSA) is 86.4 Å². The summed E-state index contributed by atoms with van der Waals surface area (Å²) in [6.07, 6.45) is 0. The fraction of sp³-hybridized carbons (Fsp3) is 0.118. The van der Waals surface area contributed by atoms with Gasteiger partial charge < -0.3 is 14.5 Å². The molecule has 0 aliphatic heterocycles. The number of methoxy groups -OCH3 is 1.